The van der Waals surface area contributed by atoms with Crippen molar-refractivity contribution < 1.29 is 0 Å². The normalized spacial score (nSPS) is 10.1. The van der Waals surface area contributed by atoms with Gasteiger partial charge in [-0.1, -0.05) is 12.1 Å². The number of hydrogen-bond donors (Lipinski definition) is 3. The largest absolute Gasteiger partial charge is 0.399 e. The van der Waals surface area contributed by atoms with Gasteiger partial charge in [0, 0.05) is 29.7 Å². The van der Waals surface area contributed by atoms with Gasteiger partial charge in [-0.05, 0) is 35.9 Å². The Bertz CT molecular complexity index is 489. The molecule has 0 heterocycles. The van der Waals surface area contributed by atoms with Crippen LogP contribution in [0.4, 0.5) is 17.1 Å². The Kier molecular flexibility index (Phi) is 2.68. The molecule has 0 aliphatic carbocycles. The maximum absolute atomic E-state index is 5.80. The fraction of sp³-hybridized carbons (Fsp3) is 0.0769. The van der Waals surface area contributed by atoms with Gasteiger partial charge in [0.1, 0.15) is 0 Å². The highest BCUT2D eigenvalue weighted by Crippen LogP contribution is 2.30. The van der Waals surface area contributed by atoms with Gasteiger partial charge in [0.05, 0.1) is 0 Å². The van der Waals surface area contributed by atoms with Gasteiger partial charge in [-0.3, -0.25) is 0 Å². The van der Waals surface area contributed by atoms with Gasteiger partial charge in [-0.25, -0.2) is 0 Å². The quantitative estimate of drug-likeness (QED) is 0.672. The highest BCUT2D eigenvalue weighted by molar-refractivity contribution is 5.81. The predicted molar refractivity (Wildman–Crippen MR) is 70.2 cm³/mol. The second kappa shape index (κ2) is 4.14. The van der Waals surface area contributed by atoms with E-state index >= 15 is 0 Å². The molecule has 0 atom stereocenters. The molecule has 2 aromatic rings. The molecule has 0 aromatic heterocycles. The zero-order valence-electron chi connectivity index (χ0n) is 9.20. The third kappa shape index (κ3) is 1.93. The molecular formula is C13H15N3. The van der Waals surface area contributed by atoms with E-state index < -0.39 is 0 Å². The van der Waals surface area contributed by atoms with E-state index in [1.165, 1.54) is 0 Å². The van der Waals surface area contributed by atoms with Crippen molar-refractivity contribution in [2.45, 2.75) is 0 Å². The van der Waals surface area contributed by atoms with Crippen LogP contribution >= 0.6 is 0 Å². The van der Waals surface area contributed by atoms with E-state index in [4.69, 9.17) is 11.5 Å². The first kappa shape index (κ1) is 10.4. The number of nitrogen functional groups attached to an aromatic ring is 2. The third-order valence-corrected chi connectivity index (χ3v) is 2.53. The van der Waals surface area contributed by atoms with Gasteiger partial charge >= 0.3 is 0 Å². The molecule has 0 amide bonds. The highest BCUT2D eigenvalue weighted by atomic mass is 14.8. The molecule has 0 radical (unpaired) electrons. The van der Waals surface area contributed by atoms with Crippen molar-refractivity contribution in [1.29, 1.82) is 0 Å². The molecule has 16 heavy (non-hydrogen) atoms. The van der Waals surface area contributed by atoms with E-state index in [0.717, 1.165) is 28.2 Å². The lowest BCUT2D eigenvalue weighted by atomic mass is 10.0. The predicted octanol–water partition coefficient (Wildman–Crippen LogP) is 2.56. The number of nitrogens with one attached hydrogen (secondary N) is 1. The van der Waals surface area contributed by atoms with E-state index in [1.807, 2.05) is 49.5 Å². The summed E-state index contributed by atoms with van der Waals surface area (Å²) < 4.78 is 0. The van der Waals surface area contributed by atoms with Crippen molar-refractivity contribution in [2.24, 2.45) is 0 Å². The average molecular weight is 213 g/mol. The summed E-state index contributed by atoms with van der Waals surface area (Å²) in [5.74, 6) is 0. The Balaban J connectivity index is 2.53. The van der Waals surface area contributed by atoms with Gasteiger partial charge < -0.3 is 16.8 Å². The first-order valence-electron chi connectivity index (χ1n) is 5.14. The highest BCUT2D eigenvalue weighted by Gasteiger charge is 2.04. The number of hydrogen-bond acceptors (Lipinski definition) is 3. The van der Waals surface area contributed by atoms with Crippen molar-refractivity contribution in [3.05, 3.63) is 42.5 Å². The van der Waals surface area contributed by atoms with E-state index in [0.29, 0.717) is 0 Å². The fourth-order valence-electron chi connectivity index (χ4n) is 1.68. The number of rotatable bonds is 2. The van der Waals surface area contributed by atoms with Crippen molar-refractivity contribution in [1.82, 2.24) is 0 Å². The topological polar surface area (TPSA) is 64.1 Å². The summed E-state index contributed by atoms with van der Waals surface area (Å²) >= 11 is 0. The molecule has 0 saturated carbocycles. The smallest absolute Gasteiger partial charge is 0.0418 e. The Morgan fingerprint density at radius 3 is 2.12 bits per heavy atom. The minimum absolute atomic E-state index is 0.755. The molecule has 0 spiro atoms. The Hall–Kier alpha value is -2.16. The number of benzene rings is 2. The molecule has 2 aromatic carbocycles. The van der Waals surface area contributed by atoms with E-state index in [9.17, 15) is 0 Å². The summed E-state index contributed by atoms with van der Waals surface area (Å²) in [6.45, 7) is 0. The van der Waals surface area contributed by atoms with Crippen LogP contribution in [0.25, 0.3) is 11.1 Å². The maximum Gasteiger partial charge on any atom is 0.0418 e. The maximum atomic E-state index is 5.80. The summed E-state index contributed by atoms with van der Waals surface area (Å²) in [5, 5.41) is 3.15. The lowest BCUT2D eigenvalue weighted by Crippen LogP contribution is -1.94. The lowest BCUT2D eigenvalue weighted by Gasteiger charge is -2.10. The van der Waals surface area contributed by atoms with Crippen molar-refractivity contribution >= 4 is 17.1 Å². The van der Waals surface area contributed by atoms with Crippen LogP contribution in [0.5, 0.6) is 0 Å². The Morgan fingerprint density at radius 1 is 0.875 bits per heavy atom. The number of anilines is 3. The van der Waals surface area contributed by atoms with Crippen molar-refractivity contribution in [2.75, 3.05) is 23.8 Å². The second-order valence-corrected chi connectivity index (χ2v) is 3.68. The van der Waals surface area contributed by atoms with Crippen LogP contribution in [-0.4, -0.2) is 7.05 Å². The van der Waals surface area contributed by atoms with Gasteiger partial charge in [-0.15, -0.1) is 0 Å². The van der Waals surface area contributed by atoms with Gasteiger partial charge in [0.25, 0.3) is 0 Å². The first-order valence-corrected chi connectivity index (χ1v) is 5.14. The molecule has 0 bridgehead atoms. The SMILES string of the molecule is CNc1ccc(N)cc1-c1ccc(N)cc1. The molecule has 5 N–H and O–H groups in total. The third-order valence-electron chi connectivity index (χ3n) is 2.53. The molecule has 82 valence electrons. The summed E-state index contributed by atoms with van der Waals surface area (Å²) in [6, 6.07) is 13.6. The molecular weight excluding hydrogens is 198 g/mol. The zero-order valence-corrected chi connectivity index (χ0v) is 9.20. The van der Waals surface area contributed by atoms with Crippen molar-refractivity contribution in [3.63, 3.8) is 0 Å². The zero-order chi connectivity index (χ0) is 11.5. The van der Waals surface area contributed by atoms with Crippen LogP contribution in [0.15, 0.2) is 42.5 Å². The standard InChI is InChI=1S/C13H15N3/c1-16-13-7-6-11(15)8-12(13)9-2-4-10(14)5-3-9/h2-8,16H,14-15H2,1H3. The monoisotopic (exact) mass is 213 g/mol. The lowest BCUT2D eigenvalue weighted by molar-refractivity contribution is 1.50. The molecule has 0 saturated heterocycles. The fourth-order valence-corrected chi connectivity index (χ4v) is 1.68. The molecule has 2 rings (SSSR count). The van der Waals surface area contributed by atoms with Gasteiger partial charge in [0.15, 0.2) is 0 Å². The van der Waals surface area contributed by atoms with E-state index in [1.54, 1.807) is 0 Å². The number of nitrogens with two attached hydrogens (primary N) is 2. The van der Waals surface area contributed by atoms with Crippen LogP contribution in [0, 0.1) is 0 Å². The second-order valence-electron chi connectivity index (χ2n) is 3.68. The summed E-state index contributed by atoms with van der Waals surface area (Å²) in [6.07, 6.45) is 0. The van der Waals surface area contributed by atoms with Crippen LogP contribution in [0.3, 0.4) is 0 Å². The minimum atomic E-state index is 0.755. The molecule has 0 fully saturated rings. The molecule has 0 aliphatic heterocycles. The van der Waals surface area contributed by atoms with Gasteiger partial charge in [0.2, 0.25) is 0 Å². The molecule has 3 nitrogen and oxygen atoms in total. The average Bonchev–Trinajstić information content (AvgIpc) is 2.30. The van der Waals surface area contributed by atoms with Gasteiger partial charge in [-0.2, -0.15) is 0 Å². The molecule has 3 heteroatoms. The molecule has 0 aliphatic rings. The van der Waals surface area contributed by atoms with Crippen LogP contribution in [0.2, 0.25) is 0 Å². The first-order chi connectivity index (χ1) is 7.70. The molecule has 0 unspecified atom stereocenters. The Labute approximate surface area is 95.1 Å². The Morgan fingerprint density at radius 2 is 1.50 bits per heavy atom. The van der Waals surface area contributed by atoms with E-state index in [2.05, 4.69) is 5.32 Å². The summed E-state index contributed by atoms with van der Waals surface area (Å²) in [4.78, 5) is 0. The summed E-state index contributed by atoms with van der Waals surface area (Å²) in [7, 11) is 1.90. The minimum Gasteiger partial charge on any atom is -0.399 e. The van der Waals surface area contributed by atoms with Crippen LogP contribution < -0.4 is 16.8 Å². The van der Waals surface area contributed by atoms with Crippen molar-refractivity contribution in [3.8, 4) is 11.1 Å². The van der Waals surface area contributed by atoms with Crippen LogP contribution in [-0.2, 0) is 0 Å². The van der Waals surface area contributed by atoms with E-state index in [-0.39, 0.29) is 0 Å². The summed E-state index contributed by atoms with van der Waals surface area (Å²) in [5.41, 5.74) is 16.2. The van der Waals surface area contributed by atoms with Crippen LogP contribution in [0.1, 0.15) is 0 Å².